The molecule has 1 atom stereocenters. The van der Waals surface area contributed by atoms with Crippen LogP contribution in [0, 0.1) is 43.9 Å². The third-order valence-corrected chi connectivity index (χ3v) is 3.88. The maximum absolute atomic E-state index is 9.18. The van der Waals surface area contributed by atoms with Crippen molar-refractivity contribution in [2.45, 2.75) is 34.6 Å². The quantitative estimate of drug-likeness (QED) is 0.804. The Morgan fingerprint density at radius 1 is 1.17 bits per heavy atom. The van der Waals surface area contributed by atoms with E-state index in [1.807, 2.05) is 0 Å². The Balaban J connectivity index is 2.95. The van der Waals surface area contributed by atoms with Gasteiger partial charge in [-0.1, -0.05) is 19.9 Å². The van der Waals surface area contributed by atoms with Gasteiger partial charge in [0, 0.05) is 19.3 Å². The molecule has 0 N–H and O–H groups in total. The smallest absolute Gasteiger partial charge is 0.0677 e. The Bertz CT molecular complexity index is 455. The van der Waals surface area contributed by atoms with Crippen molar-refractivity contribution in [3.05, 3.63) is 28.8 Å². The molecule has 0 heterocycles. The first-order valence-electron chi connectivity index (χ1n) is 6.56. The van der Waals surface area contributed by atoms with E-state index in [-0.39, 0.29) is 5.92 Å². The van der Waals surface area contributed by atoms with Crippen molar-refractivity contribution in [3.63, 3.8) is 0 Å². The Morgan fingerprint density at radius 2 is 1.78 bits per heavy atom. The van der Waals surface area contributed by atoms with Gasteiger partial charge in [-0.2, -0.15) is 5.26 Å². The highest BCUT2D eigenvalue weighted by molar-refractivity contribution is 5.57. The van der Waals surface area contributed by atoms with Crippen molar-refractivity contribution in [3.8, 4) is 6.07 Å². The van der Waals surface area contributed by atoms with Crippen molar-refractivity contribution < 1.29 is 0 Å². The van der Waals surface area contributed by atoms with Crippen molar-refractivity contribution in [2.24, 2.45) is 11.8 Å². The minimum Gasteiger partial charge on any atom is -0.373 e. The molecule has 0 saturated carbocycles. The molecular weight excluding hydrogens is 220 g/mol. The summed E-state index contributed by atoms with van der Waals surface area (Å²) in [6.07, 6.45) is 0. The van der Waals surface area contributed by atoms with E-state index in [4.69, 9.17) is 0 Å². The molecule has 0 aliphatic heterocycles. The summed E-state index contributed by atoms with van der Waals surface area (Å²) in [6, 6.07) is 6.72. The van der Waals surface area contributed by atoms with Crippen molar-refractivity contribution in [1.82, 2.24) is 0 Å². The third kappa shape index (κ3) is 3.04. The summed E-state index contributed by atoms with van der Waals surface area (Å²) in [6.45, 7) is 11.5. The first kappa shape index (κ1) is 14.6. The molecule has 0 spiro atoms. The molecule has 0 bridgehead atoms. The molecule has 0 aliphatic rings. The number of benzene rings is 1. The van der Waals surface area contributed by atoms with E-state index < -0.39 is 0 Å². The average molecular weight is 244 g/mol. The highest BCUT2D eigenvalue weighted by Gasteiger charge is 2.16. The Hall–Kier alpha value is -1.49. The summed E-state index contributed by atoms with van der Waals surface area (Å²) in [4.78, 5) is 2.20. The molecule has 1 aromatic carbocycles. The zero-order valence-electron chi connectivity index (χ0n) is 12.4. The number of aryl methyl sites for hydroxylation is 1. The number of nitriles is 1. The Labute approximate surface area is 111 Å². The molecule has 0 aliphatic carbocycles. The van der Waals surface area contributed by atoms with Crippen molar-refractivity contribution >= 4 is 5.69 Å². The summed E-state index contributed by atoms with van der Waals surface area (Å²) in [7, 11) is 2.07. The van der Waals surface area contributed by atoms with Gasteiger partial charge in [0.15, 0.2) is 0 Å². The van der Waals surface area contributed by atoms with Gasteiger partial charge >= 0.3 is 0 Å². The Morgan fingerprint density at radius 3 is 2.28 bits per heavy atom. The summed E-state index contributed by atoms with van der Waals surface area (Å²) >= 11 is 0. The lowest BCUT2D eigenvalue weighted by molar-refractivity contribution is 0.477. The maximum atomic E-state index is 9.18. The minimum atomic E-state index is 0.0796. The number of anilines is 1. The SMILES string of the molecule is Cc1ccc(N(C)CC(C#N)C(C)C)c(C)c1C. The lowest BCUT2D eigenvalue weighted by atomic mass is 9.96. The van der Waals surface area contributed by atoms with Gasteiger partial charge in [-0.25, -0.2) is 0 Å². The fourth-order valence-corrected chi connectivity index (χ4v) is 2.15. The molecule has 2 nitrogen and oxygen atoms in total. The van der Waals surface area contributed by atoms with Crippen LogP contribution in [-0.2, 0) is 0 Å². The zero-order valence-corrected chi connectivity index (χ0v) is 12.4. The second-order valence-electron chi connectivity index (χ2n) is 5.51. The molecular formula is C16H24N2. The van der Waals surface area contributed by atoms with Crippen LogP contribution >= 0.6 is 0 Å². The van der Waals surface area contributed by atoms with E-state index in [0.717, 1.165) is 6.54 Å². The molecule has 0 fully saturated rings. The molecule has 0 radical (unpaired) electrons. The molecule has 18 heavy (non-hydrogen) atoms. The van der Waals surface area contributed by atoms with Gasteiger partial charge < -0.3 is 4.90 Å². The van der Waals surface area contributed by atoms with Gasteiger partial charge in [-0.3, -0.25) is 0 Å². The standard InChI is InChI=1S/C16H24N2/c1-11(2)15(9-17)10-18(6)16-8-7-12(3)13(4)14(16)5/h7-8,11,15H,10H2,1-6H3. The monoisotopic (exact) mass is 244 g/mol. The molecule has 0 aromatic heterocycles. The second-order valence-corrected chi connectivity index (χ2v) is 5.51. The molecule has 1 rings (SSSR count). The van der Waals surface area contributed by atoms with E-state index in [1.54, 1.807) is 0 Å². The van der Waals surface area contributed by atoms with Crippen molar-refractivity contribution in [1.29, 1.82) is 5.26 Å². The van der Waals surface area contributed by atoms with E-state index in [0.29, 0.717) is 5.92 Å². The predicted molar refractivity (Wildman–Crippen MR) is 77.9 cm³/mol. The lowest BCUT2D eigenvalue weighted by Gasteiger charge is -2.26. The van der Waals surface area contributed by atoms with Crippen molar-refractivity contribution in [2.75, 3.05) is 18.5 Å². The predicted octanol–water partition coefficient (Wildman–Crippen LogP) is 3.84. The first-order chi connectivity index (χ1) is 8.38. The third-order valence-electron chi connectivity index (χ3n) is 3.88. The Kier molecular flexibility index (Phi) is 4.78. The van der Waals surface area contributed by atoms with Gasteiger partial charge in [-0.15, -0.1) is 0 Å². The van der Waals surface area contributed by atoms with Gasteiger partial charge in [0.2, 0.25) is 0 Å². The van der Waals surface area contributed by atoms with Crippen LogP contribution in [0.1, 0.15) is 30.5 Å². The number of rotatable bonds is 4. The molecule has 98 valence electrons. The van der Waals surface area contributed by atoms with E-state index in [9.17, 15) is 5.26 Å². The summed E-state index contributed by atoms with van der Waals surface area (Å²) in [5.41, 5.74) is 5.22. The largest absolute Gasteiger partial charge is 0.373 e. The first-order valence-corrected chi connectivity index (χ1v) is 6.56. The molecule has 2 heteroatoms. The minimum absolute atomic E-state index is 0.0796. The zero-order chi connectivity index (χ0) is 13.9. The molecule has 0 saturated heterocycles. The van der Waals surface area contributed by atoms with Crippen LogP contribution in [0.25, 0.3) is 0 Å². The summed E-state index contributed by atoms with van der Waals surface area (Å²) < 4.78 is 0. The van der Waals surface area contributed by atoms with Gasteiger partial charge in [0.05, 0.1) is 12.0 Å². The van der Waals surface area contributed by atoms with Gasteiger partial charge in [0.25, 0.3) is 0 Å². The average Bonchev–Trinajstić information content (AvgIpc) is 2.32. The molecule has 0 amide bonds. The summed E-state index contributed by atoms with van der Waals surface area (Å²) in [5.74, 6) is 0.473. The van der Waals surface area contributed by atoms with Crippen LogP contribution in [0.15, 0.2) is 12.1 Å². The van der Waals surface area contributed by atoms with Crippen LogP contribution in [0.3, 0.4) is 0 Å². The fourth-order valence-electron chi connectivity index (χ4n) is 2.15. The topological polar surface area (TPSA) is 27.0 Å². The normalized spacial score (nSPS) is 12.3. The maximum Gasteiger partial charge on any atom is 0.0677 e. The number of hydrogen-bond donors (Lipinski definition) is 0. The summed E-state index contributed by atoms with van der Waals surface area (Å²) in [5, 5.41) is 9.18. The fraction of sp³-hybridized carbons (Fsp3) is 0.562. The van der Waals surface area contributed by atoms with Crippen LogP contribution < -0.4 is 4.90 Å². The van der Waals surface area contributed by atoms with Crippen LogP contribution in [0.2, 0.25) is 0 Å². The van der Waals surface area contributed by atoms with Crippen LogP contribution in [0.4, 0.5) is 5.69 Å². The number of hydrogen-bond acceptors (Lipinski definition) is 2. The van der Waals surface area contributed by atoms with E-state index in [2.05, 4.69) is 64.8 Å². The lowest BCUT2D eigenvalue weighted by Crippen LogP contribution is -2.28. The van der Waals surface area contributed by atoms with E-state index >= 15 is 0 Å². The van der Waals surface area contributed by atoms with Gasteiger partial charge in [-0.05, 0) is 49.4 Å². The van der Waals surface area contributed by atoms with Gasteiger partial charge in [0.1, 0.15) is 0 Å². The number of nitrogens with zero attached hydrogens (tertiary/aromatic N) is 2. The van der Waals surface area contributed by atoms with Crippen LogP contribution in [0.5, 0.6) is 0 Å². The highest BCUT2D eigenvalue weighted by atomic mass is 15.1. The van der Waals surface area contributed by atoms with Crippen LogP contribution in [-0.4, -0.2) is 13.6 Å². The molecule has 1 aromatic rings. The second kappa shape index (κ2) is 5.91. The highest BCUT2D eigenvalue weighted by Crippen LogP contribution is 2.25. The van der Waals surface area contributed by atoms with E-state index in [1.165, 1.54) is 22.4 Å². The molecule has 1 unspecified atom stereocenters.